The highest BCUT2D eigenvalue weighted by molar-refractivity contribution is 5.78. The molecule has 3 nitrogen and oxygen atoms in total. The molecule has 3 atom stereocenters. The molecule has 0 spiro atoms. The Morgan fingerprint density at radius 2 is 1.86 bits per heavy atom. The number of hydrogen-bond acceptors (Lipinski definition) is 3. The molecule has 2 aliphatic rings. The summed E-state index contributed by atoms with van der Waals surface area (Å²) >= 11 is 0. The highest BCUT2D eigenvalue weighted by Crippen LogP contribution is 2.53. The molecule has 0 bridgehead atoms. The Labute approximate surface area is 128 Å². The van der Waals surface area contributed by atoms with Crippen LogP contribution in [0.15, 0.2) is 36.4 Å². The van der Waals surface area contributed by atoms with Gasteiger partial charge in [0.15, 0.2) is 0 Å². The van der Waals surface area contributed by atoms with E-state index >= 15 is 0 Å². The minimum Gasteiger partial charge on any atom is -0.474 e. The molecule has 0 aliphatic heterocycles. The van der Waals surface area contributed by atoms with Crippen LogP contribution in [0.5, 0.6) is 5.88 Å². The Bertz CT molecular complexity index is 704. The number of nitrogens with zero attached hydrogens (tertiary/aromatic N) is 1. The van der Waals surface area contributed by atoms with Gasteiger partial charge in [0.1, 0.15) is 18.2 Å². The zero-order valence-electron chi connectivity index (χ0n) is 12.0. The van der Waals surface area contributed by atoms with Gasteiger partial charge in [-0.3, -0.25) is 4.79 Å². The van der Waals surface area contributed by atoms with E-state index in [-0.39, 0.29) is 11.9 Å². The fourth-order valence-corrected chi connectivity index (χ4v) is 3.49. The lowest BCUT2D eigenvalue weighted by atomic mass is 10.1. The molecule has 1 unspecified atom stereocenters. The van der Waals surface area contributed by atoms with E-state index in [9.17, 15) is 9.18 Å². The Balaban J connectivity index is 1.62. The second-order valence-corrected chi connectivity index (χ2v) is 6.09. The van der Waals surface area contributed by atoms with Gasteiger partial charge in [-0.15, -0.1) is 0 Å². The Morgan fingerprint density at radius 3 is 2.55 bits per heavy atom. The molecule has 4 rings (SSSR count). The molecule has 2 aliphatic carbocycles. The first-order valence-corrected chi connectivity index (χ1v) is 7.64. The van der Waals surface area contributed by atoms with E-state index in [0.717, 1.165) is 11.8 Å². The van der Waals surface area contributed by atoms with Crippen LogP contribution < -0.4 is 4.74 Å². The maximum Gasteiger partial charge on any atom is 0.214 e. The lowest BCUT2D eigenvalue weighted by molar-refractivity contribution is 0.112. The average Bonchev–Trinajstić information content (AvgIpc) is 2.97. The highest BCUT2D eigenvalue weighted by Gasteiger charge is 2.55. The van der Waals surface area contributed by atoms with E-state index in [4.69, 9.17) is 4.74 Å². The Morgan fingerprint density at radius 1 is 1.14 bits per heavy atom. The molecule has 112 valence electrons. The van der Waals surface area contributed by atoms with Crippen molar-refractivity contribution in [3.63, 3.8) is 0 Å². The van der Waals surface area contributed by atoms with Crippen LogP contribution in [0.1, 0.15) is 29.6 Å². The van der Waals surface area contributed by atoms with Crippen molar-refractivity contribution in [2.24, 2.45) is 11.8 Å². The lowest BCUT2D eigenvalue weighted by Crippen LogP contribution is -2.06. The zero-order valence-corrected chi connectivity index (χ0v) is 12.0. The minimum absolute atomic E-state index is 0.254. The van der Waals surface area contributed by atoms with Gasteiger partial charge in [-0.05, 0) is 43.2 Å². The van der Waals surface area contributed by atoms with Crippen molar-refractivity contribution in [2.45, 2.75) is 25.4 Å². The standard InChI is InChI=1S/C18H16FNO2/c19-13-6-4-12(5-7-13)16-8-11(10-21)9-17(20-16)22-18-14-2-1-3-15(14)18/h4-10,14-15,18H,1-3H2/t14-,15+,18?. The second-order valence-electron chi connectivity index (χ2n) is 6.09. The maximum atomic E-state index is 13.0. The number of carbonyl (C=O) groups is 1. The van der Waals surface area contributed by atoms with Crippen molar-refractivity contribution in [1.82, 2.24) is 4.98 Å². The Hall–Kier alpha value is -2.23. The summed E-state index contributed by atoms with van der Waals surface area (Å²) in [6.45, 7) is 0. The van der Waals surface area contributed by atoms with Gasteiger partial charge in [-0.25, -0.2) is 9.37 Å². The molecule has 2 aromatic rings. The summed E-state index contributed by atoms with van der Waals surface area (Å²) in [6.07, 6.45) is 4.79. The van der Waals surface area contributed by atoms with E-state index in [1.165, 1.54) is 31.4 Å². The molecular weight excluding hydrogens is 281 g/mol. The van der Waals surface area contributed by atoms with Gasteiger partial charge in [0.05, 0.1) is 5.69 Å². The maximum absolute atomic E-state index is 13.0. The SMILES string of the molecule is O=Cc1cc(OC2[C@H]3CCC[C@@H]23)nc(-c2ccc(F)cc2)c1. The van der Waals surface area contributed by atoms with Crippen LogP contribution in [-0.2, 0) is 0 Å². The van der Waals surface area contributed by atoms with Crippen molar-refractivity contribution in [2.75, 3.05) is 0 Å². The molecule has 0 N–H and O–H groups in total. The van der Waals surface area contributed by atoms with Gasteiger partial charge in [-0.1, -0.05) is 6.42 Å². The monoisotopic (exact) mass is 297 g/mol. The number of pyridine rings is 1. The minimum atomic E-state index is -0.294. The third-order valence-electron chi connectivity index (χ3n) is 4.69. The topological polar surface area (TPSA) is 39.2 Å². The van der Waals surface area contributed by atoms with Crippen molar-refractivity contribution in [3.8, 4) is 17.1 Å². The van der Waals surface area contributed by atoms with Crippen LogP contribution in [0.4, 0.5) is 4.39 Å². The van der Waals surface area contributed by atoms with Crippen LogP contribution in [0.3, 0.4) is 0 Å². The van der Waals surface area contributed by atoms with E-state index < -0.39 is 0 Å². The fourth-order valence-electron chi connectivity index (χ4n) is 3.49. The number of benzene rings is 1. The molecule has 1 heterocycles. The molecule has 0 amide bonds. The number of fused-ring (bicyclic) bond motifs is 1. The number of halogens is 1. The lowest BCUT2D eigenvalue weighted by Gasteiger charge is -2.10. The van der Waals surface area contributed by atoms with E-state index in [2.05, 4.69) is 4.98 Å². The summed E-state index contributed by atoms with van der Waals surface area (Å²) in [6, 6.07) is 9.45. The van der Waals surface area contributed by atoms with Crippen LogP contribution >= 0.6 is 0 Å². The van der Waals surface area contributed by atoms with Crippen LogP contribution in [0.25, 0.3) is 11.3 Å². The van der Waals surface area contributed by atoms with Crippen LogP contribution in [-0.4, -0.2) is 17.4 Å². The van der Waals surface area contributed by atoms with Crippen molar-refractivity contribution in [3.05, 3.63) is 47.8 Å². The van der Waals surface area contributed by atoms with Crippen LogP contribution in [0, 0.1) is 17.7 Å². The second kappa shape index (κ2) is 5.20. The van der Waals surface area contributed by atoms with Gasteiger partial charge >= 0.3 is 0 Å². The van der Waals surface area contributed by atoms with Crippen molar-refractivity contribution >= 4 is 6.29 Å². The third kappa shape index (κ3) is 2.39. The Kier molecular flexibility index (Phi) is 3.17. The molecule has 1 aromatic carbocycles. The summed E-state index contributed by atoms with van der Waals surface area (Å²) in [4.78, 5) is 15.6. The van der Waals surface area contributed by atoms with Crippen LogP contribution in [0.2, 0.25) is 0 Å². The number of hydrogen-bond donors (Lipinski definition) is 0. The fraction of sp³-hybridized carbons (Fsp3) is 0.333. The normalized spacial score (nSPS) is 25.6. The molecule has 2 saturated carbocycles. The highest BCUT2D eigenvalue weighted by atomic mass is 19.1. The van der Waals surface area contributed by atoms with E-state index in [1.54, 1.807) is 24.3 Å². The number of aromatic nitrogens is 1. The number of rotatable bonds is 4. The molecule has 2 fully saturated rings. The first-order chi connectivity index (χ1) is 10.7. The summed E-state index contributed by atoms with van der Waals surface area (Å²) in [5.41, 5.74) is 1.92. The average molecular weight is 297 g/mol. The largest absolute Gasteiger partial charge is 0.474 e. The smallest absolute Gasteiger partial charge is 0.214 e. The first kappa shape index (κ1) is 13.4. The number of aldehydes is 1. The molecule has 22 heavy (non-hydrogen) atoms. The van der Waals surface area contributed by atoms with Gasteiger partial charge < -0.3 is 4.74 Å². The van der Waals surface area contributed by atoms with E-state index in [0.29, 0.717) is 29.0 Å². The predicted octanol–water partition coefficient (Wildman–Crippen LogP) is 3.88. The molecule has 4 heteroatoms. The quantitative estimate of drug-likeness (QED) is 0.804. The summed E-state index contributed by atoms with van der Waals surface area (Å²) in [5.74, 6) is 1.52. The van der Waals surface area contributed by atoms with Gasteiger partial charge in [-0.2, -0.15) is 0 Å². The zero-order chi connectivity index (χ0) is 15.1. The number of carbonyl (C=O) groups excluding carboxylic acids is 1. The van der Waals surface area contributed by atoms with Gasteiger partial charge in [0.2, 0.25) is 5.88 Å². The van der Waals surface area contributed by atoms with Crippen molar-refractivity contribution < 1.29 is 13.9 Å². The van der Waals surface area contributed by atoms with Gasteiger partial charge in [0, 0.05) is 29.0 Å². The summed E-state index contributed by atoms with van der Waals surface area (Å²) in [5, 5.41) is 0. The molecule has 0 radical (unpaired) electrons. The van der Waals surface area contributed by atoms with E-state index in [1.807, 2.05) is 0 Å². The summed E-state index contributed by atoms with van der Waals surface area (Å²) in [7, 11) is 0. The number of ether oxygens (including phenoxy) is 1. The predicted molar refractivity (Wildman–Crippen MR) is 80.3 cm³/mol. The first-order valence-electron chi connectivity index (χ1n) is 7.64. The van der Waals surface area contributed by atoms with Gasteiger partial charge in [0.25, 0.3) is 0 Å². The molecule has 0 saturated heterocycles. The molecular formula is C18H16FNO2. The molecule has 1 aromatic heterocycles. The summed E-state index contributed by atoms with van der Waals surface area (Å²) < 4.78 is 19.0. The third-order valence-corrected chi connectivity index (χ3v) is 4.69. The van der Waals surface area contributed by atoms with Crippen molar-refractivity contribution in [1.29, 1.82) is 0 Å².